The van der Waals surface area contributed by atoms with Gasteiger partial charge in [-0.15, -0.1) is 0 Å². The molecule has 0 amide bonds. The van der Waals surface area contributed by atoms with Gasteiger partial charge in [-0.05, 0) is 55.3 Å². The lowest BCUT2D eigenvalue weighted by Crippen LogP contribution is -2.18. The van der Waals surface area contributed by atoms with E-state index in [9.17, 15) is 4.39 Å². The van der Waals surface area contributed by atoms with E-state index in [1.54, 1.807) is 6.92 Å². The fourth-order valence-corrected chi connectivity index (χ4v) is 2.34. The first-order valence-corrected chi connectivity index (χ1v) is 6.60. The third-order valence-electron chi connectivity index (χ3n) is 3.32. The number of hydrogen-bond donors (Lipinski definition) is 1. The number of nitrogens with one attached hydrogen (secondary N) is 1. The summed E-state index contributed by atoms with van der Waals surface area (Å²) in [7, 11) is 1.90. The van der Waals surface area contributed by atoms with Gasteiger partial charge in [-0.1, -0.05) is 35.9 Å². The van der Waals surface area contributed by atoms with E-state index in [0.717, 1.165) is 21.7 Å². The van der Waals surface area contributed by atoms with Gasteiger partial charge in [-0.3, -0.25) is 0 Å². The highest BCUT2D eigenvalue weighted by Gasteiger charge is 2.13. The average Bonchev–Trinajstić information content (AvgIpc) is 2.39. The van der Waals surface area contributed by atoms with Crippen molar-refractivity contribution in [1.29, 1.82) is 0 Å². The molecule has 2 aromatic rings. The maximum Gasteiger partial charge on any atom is 0.126 e. The van der Waals surface area contributed by atoms with Gasteiger partial charge in [0.15, 0.2) is 0 Å². The van der Waals surface area contributed by atoms with Crippen LogP contribution in [-0.2, 0) is 0 Å². The molecule has 0 bridgehead atoms. The molecule has 19 heavy (non-hydrogen) atoms. The van der Waals surface area contributed by atoms with Crippen LogP contribution in [0.1, 0.15) is 28.3 Å². The first-order valence-electron chi connectivity index (χ1n) is 6.22. The number of aryl methyl sites for hydroxylation is 2. The minimum Gasteiger partial charge on any atom is -0.309 e. The minimum atomic E-state index is -0.175. The van der Waals surface area contributed by atoms with Crippen molar-refractivity contribution >= 4 is 11.6 Å². The zero-order chi connectivity index (χ0) is 14.0. The van der Waals surface area contributed by atoms with E-state index in [1.807, 2.05) is 38.2 Å². The minimum absolute atomic E-state index is 0.0373. The van der Waals surface area contributed by atoms with Crippen LogP contribution >= 0.6 is 11.6 Å². The third-order valence-corrected chi connectivity index (χ3v) is 3.74. The second-order valence-corrected chi connectivity index (χ2v) is 5.15. The summed E-state index contributed by atoms with van der Waals surface area (Å²) in [6.45, 7) is 3.76. The largest absolute Gasteiger partial charge is 0.309 e. The van der Waals surface area contributed by atoms with Crippen LogP contribution in [0.25, 0.3) is 0 Å². The predicted octanol–water partition coefficient (Wildman–Crippen LogP) is 4.40. The van der Waals surface area contributed by atoms with Crippen LogP contribution < -0.4 is 5.32 Å². The van der Waals surface area contributed by atoms with Crippen LogP contribution in [0.2, 0.25) is 5.02 Å². The monoisotopic (exact) mass is 277 g/mol. The van der Waals surface area contributed by atoms with Crippen LogP contribution in [0, 0.1) is 19.7 Å². The van der Waals surface area contributed by atoms with Crippen molar-refractivity contribution in [3.63, 3.8) is 0 Å². The molecule has 1 N–H and O–H groups in total. The van der Waals surface area contributed by atoms with Crippen LogP contribution in [0.4, 0.5) is 4.39 Å². The summed E-state index contributed by atoms with van der Waals surface area (Å²) in [6.07, 6.45) is 0. The Morgan fingerprint density at radius 2 is 1.58 bits per heavy atom. The molecule has 1 nitrogen and oxygen atoms in total. The lowest BCUT2D eigenvalue weighted by atomic mass is 9.96. The Morgan fingerprint density at radius 3 is 2.11 bits per heavy atom. The first-order chi connectivity index (χ1) is 9.02. The van der Waals surface area contributed by atoms with E-state index < -0.39 is 0 Å². The number of hydrogen-bond acceptors (Lipinski definition) is 1. The molecular formula is C16H17ClFN. The molecule has 0 heterocycles. The Bertz CT molecular complexity index is 544. The van der Waals surface area contributed by atoms with Crippen molar-refractivity contribution in [3.05, 3.63) is 69.5 Å². The third kappa shape index (κ3) is 2.96. The van der Waals surface area contributed by atoms with Gasteiger partial charge in [0.2, 0.25) is 0 Å². The van der Waals surface area contributed by atoms with Crippen molar-refractivity contribution < 1.29 is 4.39 Å². The number of rotatable bonds is 3. The van der Waals surface area contributed by atoms with E-state index in [1.165, 1.54) is 6.07 Å². The topological polar surface area (TPSA) is 12.0 Å². The molecule has 1 unspecified atom stereocenters. The molecule has 0 saturated heterocycles. The molecule has 100 valence electrons. The molecule has 2 aromatic carbocycles. The Morgan fingerprint density at radius 1 is 1.00 bits per heavy atom. The molecule has 0 radical (unpaired) electrons. The van der Waals surface area contributed by atoms with Gasteiger partial charge in [-0.2, -0.15) is 0 Å². The summed E-state index contributed by atoms with van der Waals surface area (Å²) < 4.78 is 13.3. The molecule has 0 aromatic heterocycles. The SMILES string of the molecule is CNC(c1ccc(F)c(C)c1)c1ccc(Cl)c(C)c1. The highest BCUT2D eigenvalue weighted by molar-refractivity contribution is 6.31. The standard InChI is InChI=1S/C16H17ClFN/c1-10-8-12(4-6-14(10)17)16(19-3)13-5-7-15(18)11(2)9-13/h4-9,16,19H,1-3H3. The van der Waals surface area contributed by atoms with Gasteiger partial charge in [0.05, 0.1) is 6.04 Å². The highest BCUT2D eigenvalue weighted by atomic mass is 35.5. The maximum atomic E-state index is 13.3. The molecule has 0 aliphatic rings. The summed E-state index contributed by atoms with van der Waals surface area (Å²) in [5.74, 6) is -0.175. The first kappa shape index (κ1) is 14.0. The molecule has 3 heteroatoms. The van der Waals surface area contributed by atoms with Gasteiger partial charge < -0.3 is 5.32 Å². The molecule has 0 spiro atoms. The second-order valence-electron chi connectivity index (χ2n) is 4.74. The summed E-state index contributed by atoms with van der Waals surface area (Å²) >= 11 is 6.05. The van der Waals surface area contributed by atoms with E-state index in [4.69, 9.17) is 11.6 Å². The van der Waals surface area contributed by atoms with E-state index in [2.05, 4.69) is 11.4 Å². The van der Waals surface area contributed by atoms with E-state index in [-0.39, 0.29) is 11.9 Å². The number of benzene rings is 2. The molecule has 1 atom stereocenters. The van der Waals surface area contributed by atoms with Crippen LogP contribution in [0.5, 0.6) is 0 Å². The Labute approximate surface area is 118 Å². The zero-order valence-electron chi connectivity index (χ0n) is 11.3. The normalized spacial score (nSPS) is 12.5. The molecule has 0 fully saturated rings. The van der Waals surface area contributed by atoms with Gasteiger partial charge in [0.25, 0.3) is 0 Å². The summed E-state index contributed by atoms with van der Waals surface area (Å²) in [5.41, 5.74) is 3.86. The summed E-state index contributed by atoms with van der Waals surface area (Å²) in [4.78, 5) is 0. The van der Waals surface area contributed by atoms with Gasteiger partial charge in [0, 0.05) is 5.02 Å². The second kappa shape index (κ2) is 5.72. The van der Waals surface area contributed by atoms with Crippen LogP contribution in [-0.4, -0.2) is 7.05 Å². The van der Waals surface area contributed by atoms with Crippen molar-refractivity contribution in [1.82, 2.24) is 5.32 Å². The zero-order valence-corrected chi connectivity index (χ0v) is 12.1. The quantitative estimate of drug-likeness (QED) is 0.876. The molecule has 0 aliphatic carbocycles. The van der Waals surface area contributed by atoms with E-state index >= 15 is 0 Å². The van der Waals surface area contributed by atoms with Crippen molar-refractivity contribution in [2.45, 2.75) is 19.9 Å². The molecular weight excluding hydrogens is 261 g/mol. The van der Waals surface area contributed by atoms with Gasteiger partial charge in [0.1, 0.15) is 5.82 Å². The van der Waals surface area contributed by atoms with Gasteiger partial charge >= 0.3 is 0 Å². The molecule has 0 saturated carbocycles. The summed E-state index contributed by atoms with van der Waals surface area (Å²) in [5, 5.41) is 4.02. The lowest BCUT2D eigenvalue weighted by molar-refractivity contribution is 0.614. The lowest BCUT2D eigenvalue weighted by Gasteiger charge is -2.19. The van der Waals surface area contributed by atoms with Crippen molar-refractivity contribution in [2.24, 2.45) is 0 Å². The fraction of sp³-hybridized carbons (Fsp3) is 0.250. The fourth-order valence-electron chi connectivity index (χ4n) is 2.22. The Kier molecular flexibility index (Phi) is 4.23. The highest BCUT2D eigenvalue weighted by Crippen LogP contribution is 2.26. The Hall–Kier alpha value is -1.38. The molecule has 0 aliphatic heterocycles. The smallest absolute Gasteiger partial charge is 0.126 e. The summed E-state index contributed by atoms with van der Waals surface area (Å²) in [6, 6.07) is 11.2. The van der Waals surface area contributed by atoms with Gasteiger partial charge in [-0.25, -0.2) is 4.39 Å². The van der Waals surface area contributed by atoms with E-state index in [0.29, 0.717) is 5.56 Å². The van der Waals surface area contributed by atoms with Crippen molar-refractivity contribution in [2.75, 3.05) is 7.05 Å². The van der Waals surface area contributed by atoms with Crippen LogP contribution in [0.3, 0.4) is 0 Å². The maximum absolute atomic E-state index is 13.3. The van der Waals surface area contributed by atoms with Crippen molar-refractivity contribution in [3.8, 4) is 0 Å². The van der Waals surface area contributed by atoms with Crippen LogP contribution in [0.15, 0.2) is 36.4 Å². The Balaban J connectivity index is 2.43. The molecule has 2 rings (SSSR count). The average molecular weight is 278 g/mol. The predicted molar refractivity (Wildman–Crippen MR) is 78.2 cm³/mol. The number of halogens is 2.